The molecule has 1 aromatic carbocycles. The van der Waals surface area contributed by atoms with Crippen molar-refractivity contribution in [3.63, 3.8) is 0 Å². The van der Waals surface area contributed by atoms with Gasteiger partial charge in [-0.3, -0.25) is 4.79 Å². The number of pyridine rings is 1. The summed E-state index contributed by atoms with van der Waals surface area (Å²) in [5.74, 6) is 0.946. The SMILES string of the molecule is COc1cc(C)c([C@H](C)NC(=O)CSc2ccc(C(F)(F)F)cn2)cc1OC. The summed E-state index contributed by atoms with van der Waals surface area (Å²) in [5, 5.41) is 3.21. The second-order valence-electron chi connectivity index (χ2n) is 6.02. The van der Waals surface area contributed by atoms with Gasteiger partial charge in [0.05, 0.1) is 36.6 Å². The lowest BCUT2D eigenvalue weighted by Crippen LogP contribution is -2.28. The summed E-state index contributed by atoms with van der Waals surface area (Å²) < 4.78 is 48.2. The van der Waals surface area contributed by atoms with Gasteiger partial charge in [-0.1, -0.05) is 11.8 Å². The maximum absolute atomic E-state index is 12.5. The molecule has 5 nitrogen and oxygen atoms in total. The second kappa shape index (κ2) is 9.18. The first-order valence-corrected chi connectivity index (χ1v) is 9.32. The molecule has 0 aliphatic heterocycles. The van der Waals surface area contributed by atoms with Gasteiger partial charge in [0.1, 0.15) is 0 Å². The van der Waals surface area contributed by atoms with Gasteiger partial charge in [0.25, 0.3) is 0 Å². The van der Waals surface area contributed by atoms with Crippen molar-refractivity contribution in [2.45, 2.75) is 31.1 Å². The van der Waals surface area contributed by atoms with Crippen LogP contribution in [0.2, 0.25) is 0 Å². The number of methoxy groups -OCH3 is 2. The van der Waals surface area contributed by atoms with Gasteiger partial charge in [-0.15, -0.1) is 0 Å². The molecule has 0 fully saturated rings. The number of nitrogens with zero attached hydrogens (tertiary/aromatic N) is 1. The number of ether oxygens (including phenoxy) is 2. The molecule has 1 heterocycles. The molecule has 0 saturated carbocycles. The van der Waals surface area contributed by atoms with Crippen LogP contribution in [0.4, 0.5) is 13.2 Å². The average Bonchev–Trinajstić information content (AvgIpc) is 2.65. The van der Waals surface area contributed by atoms with Crippen LogP contribution in [0, 0.1) is 6.92 Å². The third-order valence-electron chi connectivity index (χ3n) is 4.03. The maximum Gasteiger partial charge on any atom is 0.417 e. The summed E-state index contributed by atoms with van der Waals surface area (Å²) >= 11 is 1.07. The first-order chi connectivity index (χ1) is 13.2. The fourth-order valence-electron chi connectivity index (χ4n) is 2.60. The predicted octanol–water partition coefficient (Wildman–Crippen LogP) is 4.40. The molecule has 0 radical (unpaired) electrons. The van der Waals surface area contributed by atoms with Crippen LogP contribution in [0.1, 0.15) is 29.7 Å². The molecule has 9 heteroatoms. The van der Waals surface area contributed by atoms with Gasteiger partial charge in [0.15, 0.2) is 11.5 Å². The van der Waals surface area contributed by atoms with E-state index in [0.29, 0.717) is 16.5 Å². The third kappa shape index (κ3) is 5.54. The number of hydrogen-bond acceptors (Lipinski definition) is 5. The summed E-state index contributed by atoms with van der Waals surface area (Å²) in [7, 11) is 3.09. The molecule has 0 unspecified atom stereocenters. The minimum absolute atomic E-state index is 0.0367. The lowest BCUT2D eigenvalue weighted by Gasteiger charge is -2.19. The number of rotatable bonds is 7. The van der Waals surface area contributed by atoms with E-state index in [0.717, 1.165) is 35.2 Å². The van der Waals surface area contributed by atoms with Gasteiger partial charge in [-0.25, -0.2) is 4.98 Å². The average molecular weight is 414 g/mol. The van der Waals surface area contributed by atoms with E-state index < -0.39 is 11.7 Å². The molecular weight excluding hydrogens is 393 g/mol. The first kappa shape index (κ1) is 21.9. The molecule has 2 rings (SSSR count). The molecular formula is C19H21F3N2O3S. The minimum Gasteiger partial charge on any atom is -0.493 e. The van der Waals surface area contributed by atoms with E-state index in [9.17, 15) is 18.0 Å². The van der Waals surface area contributed by atoms with Gasteiger partial charge in [0.2, 0.25) is 5.91 Å². The fraction of sp³-hybridized carbons (Fsp3) is 0.368. The summed E-state index contributed by atoms with van der Waals surface area (Å²) in [6.45, 7) is 3.74. The van der Waals surface area contributed by atoms with E-state index in [-0.39, 0.29) is 17.7 Å². The van der Waals surface area contributed by atoms with Crippen molar-refractivity contribution >= 4 is 17.7 Å². The molecule has 1 N–H and O–H groups in total. The van der Waals surface area contributed by atoms with E-state index in [1.807, 2.05) is 26.0 Å². The molecule has 2 aromatic rings. The number of carbonyl (C=O) groups excluding carboxylic acids is 1. The van der Waals surface area contributed by atoms with Crippen molar-refractivity contribution < 1.29 is 27.4 Å². The van der Waals surface area contributed by atoms with Crippen LogP contribution in [0.3, 0.4) is 0 Å². The first-order valence-electron chi connectivity index (χ1n) is 8.33. The molecule has 0 aliphatic carbocycles. The molecule has 1 aromatic heterocycles. The van der Waals surface area contributed by atoms with Gasteiger partial charge in [0, 0.05) is 6.20 Å². The van der Waals surface area contributed by atoms with Gasteiger partial charge in [-0.2, -0.15) is 13.2 Å². The molecule has 1 atom stereocenters. The standard InChI is InChI=1S/C19H21F3N2O3S/c1-11-7-15(26-3)16(27-4)8-14(11)12(2)24-17(25)10-28-18-6-5-13(9-23-18)19(20,21)22/h5-9,12H,10H2,1-4H3,(H,24,25)/t12-/m0/s1. The van der Waals surface area contributed by atoms with Crippen LogP contribution in [0.15, 0.2) is 35.5 Å². The highest BCUT2D eigenvalue weighted by molar-refractivity contribution is 7.99. The highest BCUT2D eigenvalue weighted by Gasteiger charge is 2.30. The molecule has 28 heavy (non-hydrogen) atoms. The lowest BCUT2D eigenvalue weighted by atomic mass is 10.0. The van der Waals surface area contributed by atoms with Crippen LogP contribution >= 0.6 is 11.8 Å². The van der Waals surface area contributed by atoms with Crippen LogP contribution < -0.4 is 14.8 Å². The molecule has 0 bridgehead atoms. The number of amides is 1. The third-order valence-corrected chi connectivity index (χ3v) is 4.97. The maximum atomic E-state index is 12.5. The van der Waals surface area contributed by atoms with Crippen LogP contribution in [-0.2, 0) is 11.0 Å². The van der Waals surface area contributed by atoms with Crippen LogP contribution in [0.5, 0.6) is 11.5 Å². The summed E-state index contributed by atoms with van der Waals surface area (Å²) in [5.41, 5.74) is 0.991. The Morgan fingerprint density at radius 2 is 1.86 bits per heavy atom. The van der Waals surface area contributed by atoms with Crippen LogP contribution in [-0.4, -0.2) is 30.9 Å². The fourth-order valence-corrected chi connectivity index (χ4v) is 3.25. The lowest BCUT2D eigenvalue weighted by molar-refractivity contribution is -0.137. The Kier molecular flexibility index (Phi) is 7.17. The number of hydrogen-bond donors (Lipinski definition) is 1. The topological polar surface area (TPSA) is 60.5 Å². The number of alkyl halides is 3. The Labute approximate surface area is 165 Å². The second-order valence-corrected chi connectivity index (χ2v) is 7.02. The van der Waals surface area contributed by atoms with E-state index >= 15 is 0 Å². The van der Waals surface area contributed by atoms with Crippen LogP contribution in [0.25, 0.3) is 0 Å². The Morgan fingerprint density at radius 3 is 2.39 bits per heavy atom. The van der Waals surface area contributed by atoms with Gasteiger partial charge in [-0.05, 0) is 49.2 Å². The smallest absolute Gasteiger partial charge is 0.417 e. The highest BCUT2D eigenvalue weighted by Crippen LogP contribution is 2.33. The number of halogens is 3. The predicted molar refractivity (Wildman–Crippen MR) is 101 cm³/mol. The zero-order chi connectivity index (χ0) is 20.9. The van der Waals surface area contributed by atoms with E-state index in [2.05, 4.69) is 10.3 Å². The van der Waals surface area contributed by atoms with Crippen molar-refractivity contribution in [1.29, 1.82) is 0 Å². The number of benzene rings is 1. The number of carbonyl (C=O) groups is 1. The van der Waals surface area contributed by atoms with Crippen molar-refractivity contribution in [1.82, 2.24) is 10.3 Å². The molecule has 152 valence electrons. The van der Waals surface area contributed by atoms with Crippen molar-refractivity contribution in [3.8, 4) is 11.5 Å². The summed E-state index contributed by atoms with van der Waals surface area (Å²) in [4.78, 5) is 16.0. The zero-order valence-corrected chi connectivity index (χ0v) is 16.7. The van der Waals surface area contributed by atoms with Gasteiger partial charge >= 0.3 is 6.18 Å². The number of thioether (sulfide) groups is 1. The largest absolute Gasteiger partial charge is 0.493 e. The number of nitrogens with one attached hydrogen (secondary N) is 1. The van der Waals surface area contributed by atoms with Crippen molar-refractivity contribution in [2.75, 3.05) is 20.0 Å². The van der Waals surface area contributed by atoms with Crippen molar-refractivity contribution in [3.05, 3.63) is 47.2 Å². The summed E-state index contributed by atoms with van der Waals surface area (Å²) in [6.07, 6.45) is -3.67. The minimum atomic E-state index is -4.43. The Balaban J connectivity index is 1.97. The Hall–Kier alpha value is -2.42. The summed E-state index contributed by atoms with van der Waals surface area (Å²) in [6, 6.07) is 5.56. The monoisotopic (exact) mass is 414 g/mol. The number of aryl methyl sites for hydroxylation is 1. The highest BCUT2D eigenvalue weighted by atomic mass is 32.2. The van der Waals surface area contributed by atoms with E-state index in [1.165, 1.54) is 13.2 Å². The zero-order valence-electron chi connectivity index (χ0n) is 15.9. The Bertz CT molecular complexity index is 826. The van der Waals surface area contributed by atoms with Crippen molar-refractivity contribution in [2.24, 2.45) is 0 Å². The van der Waals surface area contributed by atoms with Gasteiger partial charge < -0.3 is 14.8 Å². The normalized spacial score (nSPS) is 12.4. The molecule has 0 aliphatic rings. The quantitative estimate of drug-likeness (QED) is 0.681. The molecule has 1 amide bonds. The molecule has 0 spiro atoms. The molecule has 0 saturated heterocycles. The Morgan fingerprint density at radius 1 is 1.21 bits per heavy atom. The van der Waals surface area contributed by atoms with E-state index in [1.54, 1.807) is 7.11 Å². The van der Waals surface area contributed by atoms with E-state index in [4.69, 9.17) is 9.47 Å². The number of aromatic nitrogens is 1.